The third-order valence-corrected chi connectivity index (χ3v) is 5.13. The Bertz CT molecular complexity index is 1170. The maximum absolute atomic E-state index is 12.6. The monoisotopic (exact) mass is 508 g/mol. The van der Waals surface area contributed by atoms with Crippen molar-refractivity contribution >= 4 is 68.5 Å². The van der Waals surface area contributed by atoms with E-state index in [0.29, 0.717) is 38.3 Å². The van der Waals surface area contributed by atoms with Crippen LogP contribution in [0.2, 0.25) is 10.0 Å². The van der Waals surface area contributed by atoms with Gasteiger partial charge in [0.2, 0.25) is 5.89 Å². The van der Waals surface area contributed by atoms with Crippen molar-refractivity contribution in [3.05, 3.63) is 79.8 Å². The molecule has 1 amide bonds. The van der Waals surface area contributed by atoms with Crippen molar-refractivity contribution in [2.75, 3.05) is 5.32 Å². The second kappa shape index (κ2) is 7.50. The number of benzene rings is 3. The Morgan fingerprint density at radius 3 is 2.74 bits per heavy atom. The van der Waals surface area contributed by atoms with Gasteiger partial charge in [-0.3, -0.25) is 4.79 Å². The lowest BCUT2D eigenvalue weighted by molar-refractivity contribution is 0.102. The molecule has 7 heteroatoms. The molecule has 0 bridgehead atoms. The standard InChI is InChI=1S/C20H11Cl2IN2O2/c21-12-4-7-18-17(9-12)25-20(27-18)11-2-1-3-14(8-11)24-19(26)15-10-13(23)5-6-16(15)22/h1-10H,(H,24,26). The summed E-state index contributed by atoms with van der Waals surface area (Å²) in [5.41, 5.74) is 3.11. The predicted octanol–water partition coefficient (Wildman–Crippen LogP) is 6.66. The zero-order valence-corrected chi connectivity index (χ0v) is 17.3. The minimum absolute atomic E-state index is 0.278. The number of nitrogens with zero attached hydrogens (tertiary/aromatic N) is 1. The fourth-order valence-electron chi connectivity index (χ4n) is 2.62. The Kier molecular flexibility index (Phi) is 5.08. The first-order valence-electron chi connectivity index (χ1n) is 7.92. The lowest BCUT2D eigenvalue weighted by Gasteiger charge is -2.08. The van der Waals surface area contributed by atoms with Crippen molar-refractivity contribution in [3.8, 4) is 11.5 Å². The first-order valence-corrected chi connectivity index (χ1v) is 9.76. The average Bonchev–Trinajstić information content (AvgIpc) is 3.07. The number of hydrogen-bond acceptors (Lipinski definition) is 3. The summed E-state index contributed by atoms with van der Waals surface area (Å²) in [6.07, 6.45) is 0. The summed E-state index contributed by atoms with van der Waals surface area (Å²) < 4.78 is 6.72. The molecule has 0 aliphatic carbocycles. The molecule has 4 rings (SSSR count). The molecular weight excluding hydrogens is 498 g/mol. The Labute approximate surface area is 178 Å². The summed E-state index contributed by atoms with van der Waals surface area (Å²) in [6.45, 7) is 0. The molecular formula is C20H11Cl2IN2O2. The summed E-state index contributed by atoms with van der Waals surface area (Å²) >= 11 is 14.3. The van der Waals surface area contributed by atoms with Crippen molar-refractivity contribution in [2.24, 2.45) is 0 Å². The molecule has 0 unspecified atom stereocenters. The van der Waals surface area contributed by atoms with Crippen LogP contribution in [0.25, 0.3) is 22.6 Å². The van der Waals surface area contributed by atoms with Crippen LogP contribution in [0.4, 0.5) is 5.69 Å². The molecule has 4 nitrogen and oxygen atoms in total. The van der Waals surface area contributed by atoms with Crippen LogP contribution in [0, 0.1) is 3.57 Å². The highest BCUT2D eigenvalue weighted by molar-refractivity contribution is 14.1. The summed E-state index contributed by atoms with van der Waals surface area (Å²) in [6, 6.07) is 17.8. The second-order valence-electron chi connectivity index (χ2n) is 5.79. The van der Waals surface area contributed by atoms with Crippen LogP contribution in [-0.4, -0.2) is 10.9 Å². The predicted molar refractivity (Wildman–Crippen MR) is 117 cm³/mol. The Morgan fingerprint density at radius 1 is 1.04 bits per heavy atom. The number of aromatic nitrogens is 1. The molecule has 3 aromatic carbocycles. The van der Waals surface area contributed by atoms with Gasteiger partial charge in [0, 0.05) is 19.8 Å². The number of fused-ring (bicyclic) bond motifs is 1. The number of amides is 1. The number of nitrogens with one attached hydrogen (secondary N) is 1. The van der Waals surface area contributed by atoms with Crippen LogP contribution in [-0.2, 0) is 0 Å². The summed E-state index contributed by atoms with van der Waals surface area (Å²) in [4.78, 5) is 17.0. The number of oxazole rings is 1. The molecule has 4 aromatic rings. The van der Waals surface area contributed by atoms with Gasteiger partial charge in [0.15, 0.2) is 5.58 Å². The Hall–Kier alpha value is -2.09. The van der Waals surface area contributed by atoms with Gasteiger partial charge in [0.25, 0.3) is 5.91 Å². The first kappa shape index (κ1) is 18.3. The van der Waals surface area contributed by atoms with Crippen LogP contribution in [0.15, 0.2) is 65.1 Å². The maximum atomic E-state index is 12.6. The molecule has 0 saturated carbocycles. The van der Waals surface area contributed by atoms with E-state index >= 15 is 0 Å². The van der Waals surface area contributed by atoms with E-state index in [1.807, 2.05) is 18.2 Å². The zero-order valence-electron chi connectivity index (χ0n) is 13.7. The Morgan fingerprint density at radius 2 is 1.89 bits per heavy atom. The van der Waals surface area contributed by atoms with Crippen LogP contribution in [0.1, 0.15) is 10.4 Å². The Balaban J connectivity index is 1.63. The van der Waals surface area contributed by atoms with E-state index in [0.717, 1.165) is 9.13 Å². The molecule has 134 valence electrons. The third kappa shape index (κ3) is 3.95. The van der Waals surface area contributed by atoms with Gasteiger partial charge >= 0.3 is 0 Å². The largest absolute Gasteiger partial charge is 0.436 e. The molecule has 0 radical (unpaired) electrons. The van der Waals surface area contributed by atoms with Gasteiger partial charge in [-0.15, -0.1) is 0 Å². The maximum Gasteiger partial charge on any atom is 0.257 e. The van der Waals surface area contributed by atoms with Gasteiger partial charge < -0.3 is 9.73 Å². The van der Waals surface area contributed by atoms with E-state index < -0.39 is 0 Å². The van der Waals surface area contributed by atoms with Gasteiger partial charge in [-0.05, 0) is 77.2 Å². The highest BCUT2D eigenvalue weighted by atomic mass is 127. The number of anilines is 1. The van der Waals surface area contributed by atoms with Gasteiger partial charge in [0.05, 0.1) is 10.6 Å². The third-order valence-electron chi connectivity index (χ3n) is 3.89. The molecule has 0 aliphatic heterocycles. The lowest BCUT2D eigenvalue weighted by Crippen LogP contribution is -2.12. The lowest BCUT2D eigenvalue weighted by atomic mass is 10.1. The van der Waals surface area contributed by atoms with Crippen molar-refractivity contribution in [1.29, 1.82) is 0 Å². The highest BCUT2D eigenvalue weighted by Gasteiger charge is 2.13. The normalized spacial score (nSPS) is 10.9. The van der Waals surface area contributed by atoms with Crippen molar-refractivity contribution in [1.82, 2.24) is 4.98 Å². The van der Waals surface area contributed by atoms with E-state index in [-0.39, 0.29) is 5.91 Å². The minimum Gasteiger partial charge on any atom is -0.436 e. The summed E-state index contributed by atoms with van der Waals surface area (Å²) in [5.74, 6) is 0.177. The SMILES string of the molecule is O=C(Nc1cccc(-c2nc3cc(Cl)ccc3o2)c1)c1cc(I)ccc1Cl. The van der Waals surface area contributed by atoms with E-state index in [9.17, 15) is 4.79 Å². The zero-order chi connectivity index (χ0) is 19.0. The fourth-order valence-corrected chi connectivity index (χ4v) is 3.48. The molecule has 0 saturated heterocycles. The van der Waals surface area contributed by atoms with Gasteiger partial charge in [0.1, 0.15) is 5.52 Å². The van der Waals surface area contributed by atoms with Crippen LogP contribution in [0.5, 0.6) is 0 Å². The summed E-state index contributed by atoms with van der Waals surface area (Å²) in [7, 11) is 0. The fraction of sp³-hybridized carbons (Fsp3) is 0. The molecule has 0 spiro atoms. The van der Waals surface area contributed by atoms with Gasteiger partial charge in [-0.25, -0.2) is 4.98 Å². The second-order valence-corrected chi connectivity index (χ2v) is 7.88. The first-order chi connectivity index (χ1) is 13.0. The number of hydrogen-bond donors (Lipinski definition) is 1. The molecule has 27 heavy (non-hydrogen) atoms. The molecule has 0 fully saturated rings. The van der Waals surface area contributed by atoms with Crippen molar-refractivity contribution < 1.29 is 9.21 Å². The van der Waals surface area contributed by atoms with Crippen molar-refractivity contribution in [2.45, 2.75) is 0 Å². The minimum atomic E-state index is -0.278. The molecule has 0 aliphatic rings. The number of halogens is 3. The molecule has 1 N–H and O–H groups in total. The average molecular weight is 509 g/mol. The number of carbonyl (C=O) groups is 1. The number of rotatable bonds is 3. The molecule has 1 heterocycles. The van der Waals surface area contributed by atoms with E-state index in [1.165, 1.54) is 0 Å². The molecule has 0 atom stereocenters. The van der Waals surface area contributed by atoms with Crippen LogP contribution >= 0.6 is 45.8 Å². The van der Waals surface area contributed by atoms with E-state index in [4.69, 9.17) is 27.6 Å². The number of carbonyl (C=O) groups excluding carboxylic acids is 1. The molecule has 1 aromatic heterocycles. The van der Waals surface area contributed by atoms with E-state index in [2.05, 4.69) is 32.9 Å². The van der Waals surface area contributed by atoms with Crippen LogP contribution in [0.3, 0.4) is 0 Å². The van der Waals surface area contributed by atoms with Crippen molar-refractivity contribution in [3.63, 3.8) is 0 Å². The van der Waals surface area contributed by atoms with Gasteiger partial charge in [-0.2, -0.15) is 0 Å². The van der Waals surface area contributed by atoms with Gasteiger partial charge in [-0.1, -0.05) is 29.3 Å². The van der Waals surface area contributed by atoms with Crippen LogP contribution < -0.4 is 5.32 Å². The topological polar surface area (TPSA) is 55.1 Å². The summed E-state index contributed by atoms with van der Waals surface area (Å²) in [5, 5.41) is 3.86. The highest BCUT2D eigenvalue weighted by Crippen LogP contribution is 2.28. The van der Waals surface area contributed by atoms with E-state index in [1.54, 1.807) is 42.5 Å². The smallest absolute Gasteiger partial charge is 0.257 e. The quantitative estimate of drug-likeness (QED) is 0.315.